The van der Waals surface area contributed by atoms with E-state index in [0.717, 1.165) is 12.0 Å². The number of carboxylic acid groups (broad SMARTS) is 1. The van der Waals surface area contributed by atoms with E-state index in [0.29, 0.717) is 48.2 Å². The van der Waals surface area contributed by atoms with Crippen LogP contribution >= 0.6 is 11.6 Å². The van der Waals surface area contributed by atoms with Crippen molar-refractivity contribution < 1.29 is 29.1 Å². The lowest BCUT2D eigenvalue weighted by molar-refractivity contribution is -0.149. The third-order valence-corrected chi connectivity index (χ3v) is 9.26. The summed E-state index contributed by atoms with van der Waals surface area (Å²) in [5.74, 6) is -4.56. The number of fused-ring (bicyclic) bond motifs is 1. The number of carbonyl (C=O) groups is 5. The molecule has 6 N–H and O–H groups in total. The molecule has 17 nitrogen and oxygen atoms in total. The number of para-hydroxylation sites is 1. The van der Waals surface area contributed by atoms with E-state index in [-0.39, 0.29) is 23.2 Å². The summed E-state index contributed by atoms with van der Waals surface area (Å²) in [5.41, 5.74) is 0.205. The smallest absolute Gasteiger partial charge is 0.353 e. The van der Waals surface area contributed by atoms with Crippen molar-refractivity contribution in [3.8, 4) is 5.69 Å². The Bertz CT molecular complexity index is 1990. The summed E-state index contributed by atoms with van der Waals surface area (Å²) in [6, 6.07) is 16.9. The fourth-order valence-corrected chi connectivity index (χ4v) is 6.36. The molecule has 3 heterocycles. The number of amides is 5. The highest BCUT2D eigenvalue weighted by Gasteiger charge is 2.55. The maximum atomic E-state index is 13.3. The number of hydrogen-bond acceptors (Lipinski definition) is 10. The topological polar surface area (TPSA) is 216 Å². The molecule has 6 rings (SSSR count). The summed E-state index contributed by atoms with van der Waals surface area (Å²) in [7, 11) is 3.99. The number of aromatic nitrogens is 4. The number of urea groups is 1. The first-order chi connectivity index (χ1) is 24.9. The number of nitrogens with zero attached hydrogens (tertiary/aromatic N) is 6. The van der Waals surface area contributed by atoms with Gasteiger partial charge >= 0.3 is 23.8 Å². The van der Waals surface area contributed by atoms with E-state index in [1.807, 2.05) is 14.1 Å². The van der Waals surface area contributed by atoms with Crippen LogP contribution in [0.15, 0.2) is 73.1 Å². The molecule has 0 saturated carbocycles. The first-order valence-corrected chi connectivity index (χ1v) is 16.7. The molecular formula is C34H36ClN11O6. The summed E-state index contributed by atoms with van der Waals surface area (Å²) in [6.45, 7) is 1.33. The Morgan fingerprint density at radius 3 is 2.48 bits per heavy atom. The SMILES string of the molecule is CN(C)[C@@H]1CCN(C(=O)Nc2ccc(CCC(=O)NC3c4ccccc4N[C@@]3(NC(=O)C(=O)Nc3cc(Cl)ccc3-n3cnnn3)C(=O)O)cc2)C1. The van der Waals surface area contributed by atoms with Crippen LogP contribution in [0, 0.1) is 0 Å². The van der Waals surface area contributed by atoms with Gasteiger partial charge in [-0.2, -0.15) is 4.68 Å². The van der Waals surface area contributed by atoms with Crippen molar-refractivity contribution in [2.75, 3.05) is 43.1 Å². The Kier molecular flexibility index (Phi) is 10.3. The van der Waals surface area contributed by atoms with Crippen molar-refractivity contribution in [1.82, 2.24) is 40.6 Å². The van der Waals surface area contributed by atoms with Gasteiger partial charge in [-0.15, -0.1) is 5.10 Å². The Balaban J connectivity index is 1.11. The number of aliphatic carboxylic acids is 1. The minimum Gasteiger partial charge on any atom is -0.478 e. The summed E-state index contributed by atoms with van der Waals surface area (Å²) < 4.78 is 1.24. The highest BCUT2D eigenvalue weighted by molar-refractivity contribution is 6.40. The third kappa shape index (κ3) is 7.64. The molecule has 2 aliphatic heterocycles. The van der Waals surface area contributed by atoms with Crippen LogP contribution in [0.2, 0.25) is 5.02 Å². The van der Waals surface area contributed by atoms with Crippen molar-refractivity contribution in [2.45, 2.75) is 37.0 Å². The summed E-state index contributed by atoms with van der Waals surface area (Å²) in [5, 5.41) is 34.9. The normalized spacial score (nSPS) is 19.0. The van der Waals surface area contributed by atoms with Crippen LogP contribution in [0.4, 0.5) is 21.9 Å². The lowest BCUT2D eigenvalue weighted by Crippen LogP contribution is -2.65. The molecule has 3 aromatic carbocycles. The minimum atomic E-state index is -2.33. The molecule has 52 heavy (non-hydrogen) atoms. The van der Waals surface area contributed by atoms with Gasteiger partial charge in [0.1, 0.15) is 12.4 Å². The predicted molar refractivity (Wildman–Crippen MR) is 190 cm³/mol. The third-order valence-electron chi connectivity index (χ3n) is 9.03. The highest BCUT2D eigenvalue weighted by atomic mass is 35.5. The van der Waals surface area contributed by atoms with Crippen molar-refractivity contribution in [1.29, 1.82) is 0 Å². The number of aryl methyl sites for hydroxylation is 1. The Hall–Kier alpha value is -6.07. The monoisotopic (exact) mass is 729 g/mol. The van der Waals surface area contributed by atoms with E-state index < -0.39 is 35.4 Å². The van der Waals surface area contributed by atoms with Crippen molar-refractivity contribution >= 4 is 58.4 Å². The molecule has 0 spiro atoms. The molecule has 0 bridgehead atoms. The van der Waals surface area contributed by atoms with Crippen molar-refractivity contribution in [3.05, 3.63) is 89.2 Å². The van der Waals surface area contributed by atoms with Gasteiger partial charge in [-0.1, -0.05) is 41.9 Å². The van der Waals surface area contributed by atoms with Gasteiger partial charge in [-0.3, -0.25) is 14.4 Å². The predicted octanol–water partition coefficient (Wildman–Crippen LogP) is 2.23. The van der Waals surface area contributed by atoms with Gasteiger partial charge in [-0.25, -0.2) is 9.59 Å². The molecule has 1 fully saturated rings. The molecule has 2 aliphatic rings. The first-order valence-electron chi connectivity index (χ1n) is 16.3. The first kappa shape index (κ1) is 35.7. The van der Waals surface area contributed by atoms with Gasteiger partial charge in [0.15, 0.2) is 0 Å². The molecule has 4 aromatic rings. The Morgan fingerprint density at radius 1 is 1.02 bits per heavy atom. The second kappa shape index (κ2) is 15.0. The molecule has 1 saturated heterocycles. The minimum absolute atomic E-state index is 0.0249. The second-order valence-corrected chi connectivity index (χ2v) is 13.1. The van der Waals surface area contributed by atoms with E-state index in [2.05, 4.69) is 47.0 Å². The number of hydrogen-bond donors (Lipinski definition) is 6. The highest BCUT2D eigenvalue weighted by Crippen LogP contribution is 2.40. The number of benzene rings is 3. The van der Waals surface area contributed by atoms with Crippen LogP contribution in [-0.4, -0.2) is 104 Å². The fraction of sp³-hybridized carbons (Fsp3) is 0.294. The summed E-state index contributed by atoms with van der Waals surface area (Å²) in [4.78, 5) is 69.4. The standard InChI is InChI=1S/C34H36ClN11O6/c1-44(2)23-15-16-45(18-23)33(52)37-22-11-7-20(8-12-22)9-14-28(47)39-29-24-5-3-4-6-25(24)40-34(29,32(50)51)41-31(49)30(48)38-26-17-21(35)10-13-27(26)46-19-36-42-43-46/h3-8,10-13,17,19,23,29,40H,9,14-16,18H2,1-2H3,(H,37,52)(H,38,48)(H,39,47)(H,41,49)(H,50,51)/t23-,29?,34+/m1/s1. The lowest BCUT2D eigenvalue weighted by atomic mass is 9.96. The summed E-state index contributed by atoms with van der Waals surface area (Å²) in [6.07, 6.45) is 2.46. The molecule has 1 unspecified atom stereocenters. The molecule has 270 valence electrons. The Morgan fingerprint density at radius 2 is 1.79 bits per heavy atom. The van der Waals surface area contributed by atoms with E-state index in [1.54, 1.807) is 53.4 Å². The molecule has 0 aliphatic carbocycles. The van der Waals surface area contributed by atoms with E-state index in [1.165, 1.54) is 29.2 Å². The molecule has 5 amide bonds. The van der Waals surface area contributed by atoms with Crippen LogP contribution in [0.3, 0.4) is 0 Å². The number of nitrogens with one attached hydrogen (secondary N) is 5. The average Bonchev–Trinajstić information content (AvgIpc) is 3.89. The quantitative estimate of drug-likeness (QED) is 0.130. The van der Waals surface area contributed by atoms with Gasteiger partial charge in [-0.05, 0) is 79.3 Å². The number of rotatable bonds is 10. The number of tetrazole rings is 1. The molecule has 3 atom stereocenters. The van der Waals surface area contributed by atoms with Gasteiger partial charge in [0.25, 0.3) is 0 Å². The van der Waals surface area contributed by atoms with Gasteiger partial charge in [0.05, 0.1) is 11.4 Å². The Labute approximate surface area is 302 Å². The molecule has 1 aromatic heterocycles. The summed E-state index contributed by atoms with van der Waals surface area (Å²) >= 11 is 6.13. The van der Waals surface area contributed by atoms with E-state index in [9.17, 15) is 29.1 Å². The maximum Gasteiger partial charge on any atom is 0.353 e. The molecule has 18 heteroatoms. The number of likely N-dealkylation sites (tertiary alicyclic amines) is 1. The van der Waals surface area contributed by atoms with E-state index in [4.69, 9.17) is 11.6 Å². The number of carbonyl (C=O) groups excluding carboxylic acids is 4. The fourth-order valence-electron chi connectivity index (χ4n) is 6.19. The maximum absolute atomic E-state index is 13.3. The van der Waals surface area contributed by atoms with Crippen LogP contribution in [-0.2, 0) is 25.6 Å². The van der Waals surface area contributed by atoms with Crippen LogP contribution < -0.4 is 26.6 Å². The average molecular weight is 730 g/mol. The van der Waals surface area contributed by atoms with Crippen molar-refractivity contribution in [3.63, 3.8) is 0 Å². The molecule has 0 radical (unpaired) electrons. The zero-order chi connectivity index (χ0) is 37.0. The van der Waals surface area contributed by atoms with Gasteiger partial charge in [0, 0.05) is 47.5 Å². The number of carboxylic acids is 1. The van der Waals surface area contributed by atoms with Crippen LogP contribution in [0.5, 0.6) is 0 Å². The lowest BCUT2D eigenvalue weighted by Gasteiger charge is -2.33. The van der Waals surface area contributed by atoms with Crippen molar-refractivity contribution in [2.24, 2.45) is 0 Å². The zero-order valence-corrected chi connectivity index (χ0v) is 28.9. The van der Waals surface area contributed by atoms with Gasteiger partial charge < -0.3 is 41.5 Å². The largest absolute Gasteiger partial charge is 0.478 e. The zero-order valence-electron chi connectivity index (χ0n) is 28.2. The number of halogens is 1. The van der Waals surface area contributed by atoms with Gasteiger partial charge in [0.2, 0.25) is 11.6 Å². The second-order valence-electron chi connectivity index (χ2n) is 12.6. The van der Waals surface area contributed by atoms with Crippen LogP contribution in [0.25, 0.3) is 5.69 Å². The number of likely N-dealkylation sites (N-methyl/N-ethyl adjacent to an activating group) is 1. The number of anilines is 3. The van der Waals surface area contributed by atoms with Crippen LogP contribution in [0.1, 0.15) is 30.0 Å². The molecular weight excluding hydrogens is 694 g/mol. The van der Waals surface area contributed by atoms with E-state index >= 15 is 0 Å².